The second-order valence-electron chi connectivity index (χ2n) is 10.2. The van der Waals surface area contributed by atoms with Crippen molar-refractivity contribution in [3.8, 4) is 11.3 Å². The van der Waals surface area contributed by atoms with Gasteiger partial charge in [0.05, 0.1) is 11.7 Å². The lowest BCUT2D eigenvalue weighted by Gasteiger charge is -2.60. The highest BCUT2D eigenvalue weighted by atomic mass is 16.4. The van der Waals surface area contributed by atoms with Crippen LogP contribution < -0.4 is 0 Å². The molecular weight excluding hydrogens is 388 g/mol. The highest BCUT2D eigenvalue weighted by Gasteiger charge is 2.57. The van der Waals surface area contributed by atoms with Gasteiger partial charge in [-0.3, -0.25) is 9.69 Å². The van der Waals surface area contributed by atoms with Crippen molar-refractivity contribution in [1.29, 1.82) is 0 Å². The smallest absolute Gasteiger partial charge is 0.309 e. The monoisotopic (exact) mass is 418 g/mol. The highest BCUT2D eigenvalue weighted by molar-refractivity contribution is 5.96. The van der Waals surface area contributed by atoms with E-state index in [1.165, 1.54) is 23.8 Å². The maximum atomic E-state index is 12.0. The summed E-state index contributed by atoms with van der Waals surface area (Å²) in [6.07, 6.45) is 9.95. The molecule has 162 valence electrons. The second kappa shape index (κ2) is 6.99. The molecule has 1 aromatic carbocycles. The van der Waals surface area contributed by atoms with Gasteiger partial charge in [0.2, 0.25) is 0 Å². The van der Waals surface area contributed by atoms with Gasteiger partial charge < -0.3 is 14.5 Å². The van der Waals surface area contributed by atoms with Crippen molar-refractivity contribution < 1.29 is 14.3 Å². The molecule has 3 aromatic rings. The normalized spacial score (nSPS) is 30.8. The van der Waals surface area contributed by atoms with Crippen LogP contribution >= 0.6 is 0 Å². The summed E-state index contributed by atoms with van der Waals surface area (Å²) in [5.41, 5.74) is 3.19. The topological polar surface area (TPSA) is 69.5 Å². The van der Waals surface area contributed by atoms with Gasteiger partial charge in [-0.05, 0) is 80.7 Å². The van der Waals surface area contributed by atoms with E-state index >= 15 is 0 Å². The average molecular weight is 419 g/mol. The van der Waals surface area contributed by atoms with Crippen LogP contribution in [0.25, 0.3) is 22.2 Å². The third-order valence-corrected chi connectivity index (χ3v) is 8.41. The Morgan fingerprint density at radius 1 is 1.23 bits per heavy atom. The number of furan rings is 1. The van der Waals surface area contributed by atoms with Gasteiger partial charge in [0.25, 0.3) is 0 Å². The number of rotatable bonds is 6. The Kier molecular flexibility index (Phi) is 4.32. The van der Waals surface area contributed by atoms with Crippen LogP contribution in [-0.4, -0.2) is 39.6 Å². The first kappa shape index (κ1) is 19.2. The maximum Gasteiger partial charge on any atom is 0.309 e. The van der Waals surface area contributed by atoms with Gasteiger partial charge in [0.15, 0.2) is 0 Å². The number of carboxylic acids is 1. The molecule has 3 unspecified atom stereocenters. The molecule has 2 saturated heterocycles. The number of aliphatic carboxylic acids is 1. The van der Waals surface area contributed by atoms with E-state index in [-0.39, 0.29) is 0 Å². The van der Waals surface area contributed by atoms with Gasteiger partial charge in [0, 0.05) is 34.7 Å². The SMILES string of the molecule is CC(CCN1C2CC3CC1CC(C(=O)O)(C3)C2)c1c[nH]c2cccc(-c3ccco3)c12. The molecule has 2 aliphatic carbocycles. The lowest BCUT2D eigenvalue weighted by Crippen LogP contribution is -2.63. The van der Waals surface area contributed by atoms with Crippen molar-refractivity contribution in [3.63, 3.8) is 0 Å². The summed E-state index contributed by atoms with van der Waals surface area (Å²) in [5.74, 6) is 1.38. The average Bonchev–Trinajstić information content (AvgIpc) is 3.42. The fourth-order valence-electron chi connectivity index (χ4n) is 7.07. The van der Waals surface area contributed by atoms with E-state index in [0.29, 0.717) is 23.9 Å². The van der Waals surface area contributed by atoms with Crippen LogP contribution in [0.2, 0.25) is 0 Å². The molecule has 7 rings (SSSR count). The van der Waals surface area contributed by atoms with E-state index in [1.54, 1.807) is 6.26 Å². The van der Waals surface area contributed by atoms with Crippen molar-refractivity contribution in [2.45, 2.75) is 63.5 Å². The lowest BCUT2D eigenvalue weighted by molar-refractivity contribution is -0.172. The molecule has 4 fully saturated rings. The molecule has 0 spiro atoms. The highest BCUT2D eigenvalue weighted by Crippen LogP contribution is 2.56. The standard InChI is InChI=1S/C26H30N2O3/c1-16(21-15-27-22-5-2-4-20(24(21)22)23-6-3-9-31-23)7-8-28-18-10-17-11-19(28)14-26(12-17,13-18)25(29)30/h2-6,9,15-19,27H,7-8,10-14H2,1H3,(H,29,30). The number of nitrogens with one attached hydrogen (secondary N) is 1. The second-order valence-corrected chi connectivity index (χ2v) is 10.2. The zero-order chi connectivity index (χ0) is 21.2. The zero-order valence-electron chi connectivity index (χ0n) is 18.0. The van der Waals surface area contributed by atoms with Gasteiger partial charge in [0.1, 0.15) is 5.76 Å². The zero-order valence-corrected chi connectivity index (χ0v) is 18.0. The molecule has 5 heteroatoms. The number of benzene rings is 1. The Morgan fingerprint density at radius 2 is 2.03 bits per heavy atom. The first-order chi connectivity index (χ1) is 15.0. The summed E-state index contributed by atoms with van der Waals surface area (Å²) in [4.78, 5) is 18.1. The van der Waals surface area contributed by atoms with Crippen molar-refractivity contribution in [1.82, 2.24) is 9.88 Å². The number of fused-ring (bicyclic) bond motifs is 1. The van der Waals surface area contributed by atoms with Crippen LogP contribution in [0.4, 0.5) is 0 Å². The number of carbonyl (C=O) groups is 1. The molecule has 4 aliphatic rings. The van der Waals surface area contributed by atoms with Crippen molar-refractivity contribution >= 4 is 16.9 Å². The van der Waals surface area contributed by atoms with Crippen molar-refractivity contribution in [3.05, 3.63) is 48.4 Å². The summed E-state index contributed by atoms with van der Waals surface area (Å²) in [7, 11) is 0. The van der Waals surface area contributed by atoms with Gasteiger partial charge >= 0.3 is 5.97 Å². The summed E-state index contributed by atoms with van der Waals surface area (Å²) in [6, 6.07) is 11.2. The number of piperidine rings is 2. The number of hydrogen-bond donors (Lipinski definition) is 2. The van der Waals surface area contributed by atoms with E-state index in [1.807, 2.05) is 12.1 Å². The summed E-state index contributed by atoms with van der Waals surface area (Å²) < 4.78 is 5.71. The Labute approximate surface area is 182 Å². The molecule has 2 aliphatic heterocycles. The predicted molar refractivity (Wildman–Crippen MR) is 120 cm³/mol. The molecule has 2 N–H and O–H groups in total. The number of nitrogens with zero attached hydrogens (tertiary/aromatic N) is 1. The van der Waals surface area contributed by atoms with Crippen LogP contribution in [0.1, 0.15) is 56.9 Å². The molecular formula is C26H30N2O3. The minimum atomic E-state index is -0.552. The Hall–Kier alpha value is -2.53. The van der Waals surface area contributed by atoms with Crippen molar-refractivity contribution in [2.24, 2.45) is 11.3 Å². The van der Waals surface area contributed by atoms with Gasteiger partial charge in [-0.15, -0.1) is 0 Å². The molecule has 5 nitrogen and oxygen atoms in total. The van der Waals surface area contributed by atoms with E-state index in [0.717, 1.165) is 49.1 Å². The molecule has 3 atom stereocenters. The first-order valence-corrected chi connectivity index (χ1v) is 11.7. The number of H-pyrrole nitrogens is 1. The molecule has 31 heavy (non-hydrogen) atoms. The molecule has 2 aromatic heterocycles. The number of aromatic nitrogens is 1. The number of aromatic amines is 1. The van der Waals surface area contributed by atoms with Gasteiger partial charge in [-0.2, -0.15) is 0 Å². The van der Waals surface area contributed by atoms with Crippen LogP contribution in [0.5, 0.6) is 0 Å². The van der Waals surface area contributed by atoms with E-state index in [9.17, 15) is 9.90 Å². The largest absolute Gasteiger partial charge is 0.481 e. The van der Waals surface area contributed by atoms with Gasteiger partial charge in [-0.1, -0.05) is 19.1 Å². The minimum Gasteiger partial charge on any atom is -0.481 e. The van der Waals surface area contributed by atoms with Crippen LogP contribution in [0.15, 0.2) is 47.2 Å². The van der Waals surface area contributed by atoms with Crippen molar-refractivity contribution in [2.75, 3.05) is 6.54 Å². The van der Waals surface area contributed by atoms with E-state index in [2.05, 4.69) is 41.2 Å². The summed E-state index contributed by atoms with van der Waals surface area (Å²) >= 11 is 0. The Morgan fingerprint density at radius 3 is 2.74 bits per heavy atom. The maximum absolute atomic E-state index is 12.0. The summed E-state index contributed by atoms with van der Waals surface area (Å²) in [6.45, 7) is 3.37. The first-order valence-electron chi connectivity index (χ1n) is 11.7. The third-order valence-electron chi connectivity index (χ3n) is 8.41. The predicted octanol–water partition coefficient (Wildman–Crippen LogP) is 5.64. The Balaban J connectivity index is 1.23. The number of hydrogen-bond acceptors (Lipinski definition) is 3. The quantitative estimate of drug-likeness (QED) is 0.544. The molecule has 4 heterocycles. The van der Waals surface area contributed by atoms with E-state index in [4.69, 9.17) is 4.42 Å². The molecule has 4 bridgehead atoms. The van der Waals surface area contributed by atoms with Crippen LogP contribution in [0.3, 0.4) is 0 Å². The fourth-order valence-corrected chi connectivity index (χ4v) is 7.07. The van der Waals surface area contributed by atoms with E-state index < -0.39 is 11.4 Å². The Bertz CT molecular complexity index is 1100. The third kappa shape index (κ3) is 2.97. The fraction of sp³-hybridized carbons (Fsp3) is 0.500. The molecule has 0 amide bonds. The lowest BCUT2D eigenvalue weighted by atomic mass is 9.55. The number of carboxylic acid groups (broad SMARTS) is 1. The molecule has 0 radical (unpaired) electrons. The van der Waals surface area contributed by atoms with Gasteiger partial charge in [-0.25, -0.2) is 0 Å². The minimum absolute atomic E-state index is 0.412. The van der Waals surface area contributed by atoms with Crippen LogP contribution in [-0.2, 0) is 4.79 Å². The molecule has 2 saturated carbocycles. The van der Waals surface area contributed by atoms with Crippen LogP contribution in [0, 0.1) is 11.3 Å². The summed E-state index contributed by atoms with van der Waals surface area (Å²) in [5, 5.41) is 11.1.